The van der Waals surface area contributed by atoms with Gasteiger partial charge in [-0.2, -0.15) is 0 Å². The minimum absolute atomic E-state index is 0.0717. The number of carbonyl (C=O) groups is 1. The Morgan fingerprint density at radius 2 is 1.52 bits per heavy atom. The van der Waals surface area contributed by atoms with Crippen molar-refractivity contribution < 1.29 is 30.3 Å². The van der Waals surface area contributed by atoms with E-state index in [0.717, 1.165) is 0 Å². The number of aromatic hydroxyl groups is 5. The summed E-state index contributed by atoms with van der Waals surface area (Å²) >= 11 is 0. The van der Waals surface area contributed by atoms with Gasteiger partial charge in [0.05, 0.1) is 12.6 Å². The summed E-state index contributed by atoms with van der Waals surface area (Å²) in [7, 11) is 0. The fourth-order valence-corrected chi connectivity index (χ4v) is 3.74. The Kier molecular flexibility index (Phi) is 4.43. The molecule has 1 aliphatic heterocycles. The van der Waals surface area contributed by atoms with Gasteiger partial charge < -0.3 is 30.4 Å². The molecular weight excluding hydrogens is 374 g/mol. The molecule has 7 heteroatoms. The first kappa shape index (κ1) is 18.5. The van der Waals surface area contributed by atoms with Crippen molar-refractivity contribution in [3.8, 4) is 28.7 Å². The van der Waals surface area contributed by atoms with E-state index in [1.54, 1.807) is 30.3 Å². The minimum Gasteiger partial charge on any atom is -0.508 e. The molecule has 0 saturated heterocycles. The summed E-state index contributed by atoms with van der Waals surface area (Å²) < 4.78 is 0. The summed E-state index contributed by atoms with van der Waals surface area (Å²) in [6.07, 6.45) is 0.236. The van der Waals surface area contributed by atoms with Crippen LogP contribution in [0.5, 0.6) is 28.7 Å². The summed E-state index contributed by atoms with van der Waals surface area (Å²) in [6.45, 7) is 0.0717. The molecule has 0 saturated carbocycles. The number of hydrogen-bond donors (Lipinski definition) is 5. The molecule has 4 rings (SSSR count). The van der Waals surface area contributed by atoms with Crippen LogP contribution in [0.3, 0.4) is 0 Å². The number of benzene rings is 3. The Labute approximate surface area is 166 Å². The molecule has 0 aromatic heterocycles. The summed E-state index contributed by atoms with van der Waals surface area (Å²) in [6, 6.07) is 13.4. The Morgan fingerprint density at radius 1 is 0.862 bits per heavy atom. The minimum atomic E-state index is -0.638. The highest BCUT2D eigenvalue weighted by molar-refractivity contribution is 5.94. The lowest BCUT2D eigenvalue weighted by Gasteiger charge is -2.38. The molecule has 3 aromatic rings. The van der Waals surface area contributed by atoms with Crippen molar-refractivity contribution in [1.82, 2.24) is 4.90 Å². The number of fused-ring (bicyclic) bond motifs is 1. The fraction of sp³-hybridized carbons (Fsp3) is 0.136. The maximum absolute atomic E-state index is 13.2. The standard InChI is InChI=1S/C22H19NO6/c24-15-6-13-7-17(14-8-19(26)21(28)20(27)9-14)23(11-16(13)18(25)10-15)22(29)12-4-2-1-3-5-12/h1-6,8-10,17,24-28H,7,11H2. The predicted molar refractivity (Wildman–Crippen MR) is 104 cm³/mol. The first-order valence-electron chi connectivity index (χ1n) is 8.99. The number of rotatable bonds is 2. The van der Waals surface area contributed by atoms with Crippen LogP contribution in [-0.4, -0.2) is 36.3 Å². The van der Waals surface area contributed by atoms with Crippen LogP contribution in [0.2, 0.25) is 0 Å². The molecule has 0 fully saturated rings. The van der Waals surface area contributed by atoms with Gasteiger partial charge in [-0.1, -0.05) is 18.2 Å². The SMILES string of the molecule is O=C(c1ccccc1)N1Cc2c(O)cc(O)cc2CC1c1cc(O)c(O)c(O)c1. The molecule has 1 amide bonds. The third kappa shape index (κ3) is 3.27. The molecule has 0 radical (unpaired) electrons. The van der Waals surface area contributed by atoms with Crippen molar-refractivity contribution >= 4 is 5.91 Å². The second-order valence-corrected chi connectivity index (χ2v) is 7.03. The average Bonchev–Trinajstić information content (AvgIpc) is 2.71. The normalized spacial score (nSPS) is 15.7. The van der Waals surface area contributed by atoms with Gasteiger partial charge in [0, 0.05) is 17.2 Å². The van der Waals surface area contributed by atoms with Crippen LogP contribution in [0.15, 0.2) is 54.6 Å². The molecular formula is C22H19NO6. The summed E-state index contributed by atoms with van der Waals surface area (Å²) in [4.78, 5) is 14.8. The third-order valence-electron chi connectivity index (χ3n) is 5.18. The monoisotopic (exact) mass is 393 g/mol. The molecule has 1 atom stereocenters. The molecule has 1 aliphatic rings. The van der Waals surface area contributed by atoms with E-state index >= 15 is 0 Å². The smallest absolute Gasteiger partial charge is 0.254 e. The van der Waals surface area contributed by atoms with E-state index in [1.165, 1.54) is 29.2 Å². The van der Waals surface area contributed by atoms with Gasteiger partial charge in [-0.15, -0.1) is 0 Å². The molecule has 1 unspecified atom stereocenters. The van der Waals surface area contributed by atoms with Crippen LogP contribution in [0.1, 0.15) is 33.1 Å². The second-order valence-electron chi connectivity index (χ2n) is 7.03. The quantitative estimate of drug-likeness (QED) is 0.427. The van der Waals surface area contributed by atoms with E-state index in [4.69, 9.17) is 0 Å². The van der Waals surface area contributed by atoms with Crippen molar-refractivity contribution in [3.05, 3.63) is 76.9 Å². The van der Waals surface area contributed by atoms with Crippen LogP contribution >= 0.6 is 0 Å². The molecule has 5 N–H and O–H groups in total. The van der Waals surface area contributed by atoms with Crippen molar-refractivity contribution in [2.75, 3.05) is 0 Å². The maximum Gasteiger partial charge on any atom is 0.254 e. The van der Waals surface area contributed by atoms with E-state index in [9.17, 15) is 30.3 Å². The zero-order chi connectivity index (χ0) is 20.7. The molecule has 29 heavy (non-hydrogen) atoms. The molecule has 0 spiro atoms. The summed E-state index contributed by atoms with van der Waals surface area (Å²) in [5, 5.41) is 49.7. The van der Waals surface area contributed by atoms with Gasteiger partial charge in [0.2, 0.25) is 0 Å². The van der Waals surface area contributed by atoms with Gasteiger partial charge in [-0.3, -0.25) is 4.79 Å². The number of carbonyl (C=O) groups excluding carboxylic acids is 1. The van der Waals surface area contributed by atoms with Crippen molar-refractivity contribution in [2.24, 2.45) is 0 Å². The second kappa shape index (κ2) is 6.94. The van der Waals surface area contributed by atoms with E-state index in [-0.39, 0.29) is 30.4 Å². The van der Waals surface area contributed by atoms with Crippen LogP contribution in [0, 0.1) is 0 Å². The number of phenols is 5. The number of amides is 1. The van der Waals surface area contributed by atoms with Gasteiger partial charge in [-0.05, 0) is 47.9 Å². The van der Waals surface area contributed by atoms with Crippen molar-refractivity contribution in [3.63, 3.8) is 0 Å². The van der Waals surface area contributed by atoms with E-state index < -0.39 is 23.3 Å². The van der Waals surface area contributed by atoms with Gasteiger partial charge in [-0.25, -0.2) is 0 Å². The zero-order valence-electron chi connectivity index (χ0n) is 15.3. The average molecular weight is 393 g/mol. The highest BCUT2D eigenvalue weighted by atomic mass is 16.3. The lowest BCUT2D eigenvalue weighted by Crippen LogP contribution is -2.39. The molecule has 148 valence electrons. The largest absolute Gasteiger partial charge is 0.508 e. The lowest BCUT2D eigenvalue weighted by molar-refractivity contribution is 0.0635. The van der Waals surface area contributed by atoms with Gasteiger partial charge in [0.1, 0.15) is 11.5 Å². The first-order valence-corrected chi connectivity index (χ1v) is 8.99. The number of nitrogens with zero attached hydrogens (tertiary/aromatic N) is 1. The number of phenolic OH excluding ortho intramolecular Hbond substituents is 5. The Balaban J connectivity index is 1.84. The van der Waals surface area contributed by atoms with Crippen LogP contribution in [0.4, 0.5) is 0 Å². The van der Waals surface area contributed by atoms with Gasteiger partial charge in [0.15, 0.2) is 17.2 Å². The number of hydrogen-bond acceptors (Lipinski definition) is 6. The Hall–Kier alpha value is -3.87. The van der Waals surface area contributed by atoms with Gasteiger partial charge in [0.25, 0.3) is 5.91 Å². The highest BCUT2D eigenvalue weighted by Crippen LogP contribution is 2.43. The molecule has 1 heterocycles. The van der Waals surface area contributed by atoms with Crippen molar-refractivity contribution in [2.45, 2.75) is 19.0 Å². The third-order valence-corrected chi connectivity index (χ3v) is 5.18. The van der Waals surface area contributed by atoms with Crippen LogP contribution in [-0.2, 0) is 13.0 Å². The summed E-state index contributed by atoms with van der Waals surface area (Å²) in [5.41, 5.74) is 2.04. The van der Waals surface area contributed by atoms with E-state index in [1.807, 2.05) is 0 Å². The predicted octanol–water partition coefficient (Wildman–Crippen LogP) is 3.15. The highest BCUT2D eigenvalue weighted by Gasteiger charge is 2.34. The Bertz CT molecular complexity index is 1070. The molecule has 0 aliphatic carbocycles. The molecule has 0 bridgehead atoms. The van der Waals surface area contributed by atoms with Gasteiger partial charge >= 0.3 is 0 Å². The van der Waals surface area contributed by atoms with Crippen LogP contribution < -0.4 is 0 Å². The van der Waals surface area contributed by atoms with E-state index in [0.29, 0.717) is 22.3 Å². The van der Waals surface area contributed by atoms with Crippen LogP contribution in [0.25, 0.3) is 0 Å². The summed E-state index contributed by atoms with van der Waals surface area (Å²) in [5.74, 6) is -2.14. The molecule has 7 nitrogen and oxygen atoms in total. The fourth-order valence-electron chi connectivity index (χ4n) is 3.74. The Morgan fingerprint density at radius 3 is 2.17 bits per heavy atom. The van der Waals surface area contributed by atoms with Crippen molar-refractivity contribution in [1.29, 1.82) is 0 Å². The maximum atomic E-state index is 13.2. The first-order chi connectivity index (χ1) is 13.8. The zero-order valence-corrected chi connectivity index (χ0v) is 15.3. The van der Waals surface area contributed by atoms with E-state index in [2.05, 4.69) is 0 Å². The molecule has 3 aromatic carbocycles. The lowest BCUT2D eigenvalue weighted by atomic mass is 9.88. The topological polar surface area (TPSA) is 121 Å².